The Morgan fingerprint density at radius 3 is 1.78 bits per heavy atom. The molecule has 2 N–H and O–H groups in total. The Bertz CT molecular complexity index is 1100. The summed E-state index contributed by atoms with van der Waals surface area (Å²) < 4.78 is 5.08. The average Bonchev–Trinajstić information content (AvgIpc) is 2.85. The van der Waals surface area contributed by atoms with Crippen LogP contribution in [-0.2, 0) is 14.3 Å². The van der Waals surface area contributed by atoms with Crippen LogP contribution in [0.25, 0.3) is 0 Å². The van der Waals surface area contributed by atoms with Crippen molar-refractivity contribution in [2.75, 3.05) is 7.11 Å². The molecule has 0 saturated carbocycles. The molecular formula is C30H37N2O3P. The topological polar surface area (TPSA) is 67.4 Å². The van der Waals surface area contributed by atoms with E-state index in [4.69, 9.17) is 4.74 Å². The predicted octanol–water partition coefficient (Wildman–Crippen LogP) is 4.19. The average molecular weight is 505 g/mol. The van der Waals surface area contributed by atoms with E-state index in [2.05, 4.69) is 41.0 Å². The monoisotopic (exact) mass is 504 g/mol. The van der Waals surface area contributed by atoms with E-state index in [1.807, 2.05) is 89.2 Å². The van der Waals surface area contributed by atoms with Crippen LogP contribution in [0.15, 0.2) is 84.9 Å². The van der Waals surface area contributed by atoms with Gasteiger partial charge < -0.3 is 10.1 Å². The van der Waals surface area contributed by atoms with Crippen LogP contribution in [0.3, 0.4) is 0 Å². The summed E-state index contributed by atoms with van der Waals surface area (Å²) in [6.45, 7) is 9.75. The smallest absolute Gasteiger partial charge is 0.323 e. The first-order chi connectivity index (χ1) is 17.1. The summed E-state index contributed by atoms with van der Waals surface area (Å²) in [6, 6.07) is 27.4. The number of nitrogens with one attached hydrogen (secondary N) is 2. The standard InChI is InChI=1S/C30H37N2O3P/c1-21(2)26(29(34)35-6)31-27(28(33)32-30(3,4)5)24-19-13-14-20-25(24)36(22-15-9-7-10-16-22)23-17-11-8-12-18-23/h7-21,26-27,31H,1-6H3,(H,32,33)/t26-,27-/m0/s1. The molecule has 2 atom stereocenters. The summed E-state index contributed by atoms with van der Waals surface area (Å²) >= 11 is 0. The first kappa shape index (κ1) is 27.6. The van der Waals surface area contributed by atoms with Gasteiger partial charge in [-0.05, 0) is 56.1 Å². The molecule has 190 valence electrons. The molecule has 0 fully saturated rings. The third kappa shape index (κ3) is 7.02. The highest BCUT2D eigenvalue weighted by Crippen LogP contribution is 2.36. The predicted molar refractivity (Wildman–Crippen MR) is 150 cm³/mol. The van der Waals surface area contributed by atoms with E-state index in [9.17, 15) is 9.59 Å². The van der Waals surface area contributed by atoms with Crippen molar-refractivity contribution < 1.29 is 14.3 Å². The summed E-state index contributed by atoms with van der Waals surface area (Å²) in [6.07, 6.45) is 0. The van der Waals surface area contributed by atoms with Crippen LogP contribution in [0.4, 0.5) is 0 Å². The number of carbonyl (C=O) groups is 2. The largest absolute Gasteiger partial charge is 0.468 e. The van der Waals surface area contributed by atoms with E-state index in [1.165, 1.54) is 17.7 Å². The van der Waals surface area contributed by atoms with Crippen molar-refractivity contribution in [2.45, 2.75) is 52.2 Å². The van der Waals surface area contributed by atoms with Gasteiger partial charge in [0.15, 0.2) is 0 Å². The number of methoxy groups -OCH3 is 1. The minimum atomic E-state index is -0.953. The van der Waals surface area contributed by atoms with Crippen molar-refractivity contribution in [1.82, 2.24) is 10.6 Å². The van der Waals surface area contributed by atoms with Gasteiger partial charge in [0.1, 0.15) is 12.1 Å². The summed E-state index contributed by atoms with van der Waals surface area (Å²) in [5.41, 5.74) is 0.418. The quantitative estimate of drug-likeness (QED) is 0.339. The fourth-order valence-corrected chi connectivity index (χ4v) is 6.60. The number of ether oxygens (including phenoxy) is 1. The van der Waals surface area contributed by atoms with E-state index in [-0.39, 0.29) is 17.8 Å². The second kappa shape index (κ2) is 12.3. The number of carbonyl (C=O) groups excluding carboxylic acids is 2. The van der Waals surface area contributed by atoms with Crippen molar-refractivity contribution >= 4 is 35.7 Å². The third-order valence-corrected chi connectivity index (χ3v) is 8.26. The van der Waals surface area contributed by atoms with Crippen LogP contribution in [0, 0.1) is 5.92 Å². The second-order valence-electron chi connectivity index (χ2n) is 10.1. The van der Waals surface area contributed by atoms with Crippen molar-refractivity contribution in [3.05, 3.63) is 90.5 Å². The van der Waals surface area contributed by atoms with Gasteiger partial charge in [0.25, 0.3) is 0 Å². The van der Waals surface area contributed by atoms with Crippen LogP contribution < -0.4 is 26.5 Å². The van der Waals surface area contributed by atoms with E-state index in [0.29, 0.717) is 0 Å². The molecule has 1 amide bonds. The highest BCUT2D eigenvalue weighted by Gasteiger charge is 2.34. The molecule has 0 aromatic heterocycles. The normalized spacial score (nSPS) is 13.3. The number of amides is 1. The van der Waals surface area contributed by atoms with E-state index in [0.717, 1.165) is 10.9 Å². The zero-order valence-corrected chi connectivity index (χ0v) is 22.9. The van der Waals surface area contributed by atoms with Gasteiger partial charge in [0, 0.05) is 5.54 Å². The summed E-state index contributed by atoms with van der Waals surface area (Å²) in [5.74, 6) is -0.635. The van der Waals surface area contributed by atoms with Crippen LogP contribution >= 0.6 is 7.92 Å². The first-order valence-corrected chi connectivity index (χ1v) is 13.6. The van der Waals surface area contributed by atoms with Crippen molar-refractivity contribution in [2.24, 2.45) is 5.92 Å². The van der Waals surface area contributed by atoms with Crippen molar-refractivity contribution in [3.8, 4) is 0 Å². The van der Waals surface area contributed by atoms with Gasteiger partial charge in [-0.2, -0.15) is 0 Å². The zero-order chi connectivity index (χ0) is 26.3. The molecule has 0 unspecified atom stereocenters. The number of rotatable bonds is 9. The fourth-order valence-electron chi connectivity index (χ4n) is 4.10. The Morgan fingerprint density at radius 1 is 0.806 bits per heavy atom. The van der Waals surface area contributed by atoms with Gasteiger partial charge in [-0.15, -0.1) is 0 Å². The maximum Gasteiger partial charge on any atom is 0.323 e. The number of esters is 1. The maximum absolute atomic E-state index is 13.8. The van der Waals surface area contributed by atoms with Gasteiger partial charge in [-0.1, -0.05) is 98.8 Å². The molecular weight excluding hydrogens is 467 g/mol. The van der Waals surface area contributed by atoms with Crippen LogP contribution in [0.5, 0.6) is 0 Å². The van der Waals surface area contributed by atoms with Gasteiger partial charge >= 0.3 is 5.97 Å². The maximum atomic E-state index is 13.8. The number of hydrogen-bond donors (Lipinski definition) is 2. The Labute approximate surface area is 216 Å². The Hall–Kier alpha value is -3.01. The molecule has 0 aliphatic heterocycles. The Kier molecular flexibility index (Phi) is 9.42. The zero-order valence-electron chi connectivity index (χ0n) is 22.0. The molecule has 5 nitrogen and oxygen atoms in total. The number of benzene rings is 3. The van der Waals surface area contributed by atoms with E-state index < -0.39 is 25.5 Å². The van der Waals surface area contributed by atoms with Crippen LogP contribution in [-0.4, -0.2) is 30.6 Å². The molecule has 0 heterocycles. The molecule has 0 aliphatic carbocycles. The highest BCUT2D eigenvalue weighted by atomic mass is 31.1. The molecule has 0 bridgehead atoms. The lowest BCUT2D eigenvalue weighted by Gasteiger charge is -2.32. The van der Waals surface area contributed by atoms with E-state index >= 15 is 0 Å². The molecule has 0 saturated heterocycles. The molecule has 6 heteroatoms. The van der Waals surface area contributed by atoms with E-state index in [1.54, 1.807) is 0 Å². The molecule has 0 radical (unpaired) electrons. The SMILES string of the molecule is COC(=O)[C@@H](N[C@H](C(=O)NC(C)(C)C)c1ccccc1P(c1ccccc1)c1ccccc1)C(C)C. The molecule has 3 rings (SSSR count). The summed E-state index contributed by atoms with van der Waals surface area (Å²) in [4.78, 5) is 26.4. The lowest BCUT2D eigenvalue weighted by atomic mass is 9.98. The fraction of sp³-hybridized carbons (Fsp3) is 0.333. The Balaban J connectivity index is 2.19. The molecule has 0 spiro atoms. The molecule has 3 aromatic rings. The van der Waals surface area contributed by atoms with Gasteiger partial charge in [-0.3, -0.25) is 14.9 Å². The minimum absolute atomic E-state index is 0.0701. The van der Waals surface area contributed by atoms with Crippen molar-refractivity contribution in [3.63, 3.8) is 0 Å². The van der Waals surface area contributed by atoms with Crippen molar-refractivity contribution in [1.29, 1.82) is 0 Å². The number of hydrogen-bond acceptors (Lipinski definition) is 4. The van der Waals surface area contributed by atoms with Crippen LogP contribution in [0.1, 0.15) is 46.2 Å². The lowest BCUT2D eigenvalue weighted by molar-refractivity contribution is -0.144. The van der Waals surface area contributed by atoms with Crippen LogP contribution in [0.2, 0.25) is 0 Å². The third-order valence-electron chi connectivity index (χ3n) is 5.75. The summed E-state index contributed by atoms with van der Waals surface area (Å²) in [7, 11) is 0.424. The minimum Gasteiger partial charge on any atom is -0.468 e. The Morgan fingerprint density at radius 2 is 1.31 bits per heavy atom. The first-order valence-electron chi connectivity index (χ1n) is 12.3. The lowest BCUT2D eigenvalue weighted by Crippen LogP contribution is -2.52. The molecule has 0 aliphatic rings. The van der Waals surface area contributed by atoms with Gasteiger partial charge in [0.05, 0.1) is 7.11 Å². The summed E-state index contributed by atoms with van der Waals surface area (Å²) in [5, 5.41) is 9.93. The second-order valence-corrected chi connectivity index (χ2v) is 12.3. The highest BCUT2D eigenvalue weighted by molar-refractivity contribution is 7.79. The molecule has 36 heavy (non-hydrogen) atoms. The van der Waals surface area contributed by atoms with Gasteiger partial charge in [0.2, 0.25) is 5.91 Å². The van der Waals surface area contributed by atoms with Gasteiger partial charge in [-0.25, -0.2) is 0 Å². The molecule has 3 aromatic carbocycles.